The van der Waals surface area contributed by atoms with Crippen LogP contribution in [0.4, 0.5) is 0 Å². The van der Waals surface area contributed by atoms with Crippen LogP contribution >= 0.6 is 0 Å². The van der Waals surface area contributed by atoms with Crippen LogP contribution in [0.3, 0.4) is 0 Å². The number of unbranched alkanes of at least 4 members (excludes halogenated alkanes) is 10. The highest BCUT2D eigenvalue weighted by Gasteiger charge is 2.34. The Hall–Kier alpha value is -1.59. The molecule has 0 aromatic rings. The summed E-state index contributed by atoms with van der Waals surface area (Å²) >= 11 is 0. The average molecular weight is 701 g/mol. The molecule has 4 aliphatic carbocycles. The van der Waals surface area contributed by atoms with Crippen molar-refractivity contribution in [1.29, 1.82) is 0 Å². The molecule has 0 bridgehead atoms. The molecule has 0 aliphatic heterocycles. The second-order valence-corrected chi connectivity index (χ2v) is 17.0. The summed E-state index contributed by atoms with van der Waals surface area (Å²) in [4.78, 5) is 37.2. The van der Waals surface area contributed by atoms with E-state index in [1.807, 2.05) is 6.92 Å². The zero-order valence-electron chi connectivity index (χ0n) is 32.3. The standard InChI is InChI=1S/C44H76O6/c1-2-19-42(45)48-39(25-12-8-4-6-10-14-27-44(47)50-41-33-30-37-22-17-18-23-38(37)34-41)24-11-7-3-5-9-13-26-43(46)49-40-31-28-35-20-15-16-21-36(35)29-32-40/h35-41H,2-34H2,1H3. The summed E-state index contributed by atoms with van der Waals surface area (Å²) in [6.07, 6.45) is 37.0. The molecule has 0 aromatic heterocycles. The van der Waals surface area contributed by atoms with E-state index in [0.717, 1.165) is 133 Å². The number of carbonyl (C=O) groups excluding carboxylic acids is 3. The van der Waals surface area contributed by atoms with Crippen LogP contribution in [0.15, 0.2) is 0 Å². The number of ether oxygens (including phenoxy) is 3. The van der Waals surface area contributed by atoms with Crippen LogP contribution in [0, 0.1) is 23.7 Å². The molecule has 4 aliphatic rings. The molecule has 288 valence electrons. The van der Waals surface area contributed by atoms with Gasteiger partial charge in [-0.15, -0.1) is 0 Å². The molecule has 0 heterocycles. The Kier molecular flexibility index (Phi) is 20.3. The number of carbonyl (C=O) groups is 3. The van der Waals surface area contributed by atoms with E-state index in [1.165, 1.54) is 83.5 Å². The third-order valence-electron chi connectivity index (χ3n) is 12.9. The van der Waals surface area contributed by atoms with E-state index in [2.05, 4.69) is 0 Å². The first-order valence-corrected chi connectivity index (χ1v) is 22.1. The largest absolute Gasteiger partial charge is 0.462 e. The van der Waals surface area contributed by atoms with Crippen LogP contribution in [0.2, 0.25) is 0 Å². The summed E-state index contributed by atoms with van der Waals surface area (Å²) in [5.74, 6) is 3.43. The Balaban J connectivity index is 0.963. The summed E-state index contributed by atoms with van der Waals surface area (Å²) in [6.45, 7) is 2.03. The molecule has 4 fully saturated rings. The molecule has 0 saturated heterocycles. The van der Waals surface area contributed by atoms with Gasteiger partial charge in [0.25, 0.3) is 0 Å². The fourth-order valence-corrected chi connectivity index (χ4v) is 9.94. The van der Waals surface area contributed by atoms with Crippen LogP contribution in [0.1, 0.15) is 219 Å². The van der Waals surface area contributed by atoms with E-state index in [-0.39, 0.29) is 36.2 Å². The van der Waals surface area contributed by atoms with Crippen molar-refractivity contribution in [3.05, 3.63) is 0 Å². The van der Waals surface area contributed by atoms with Crippen molar-refractivity contribution in [1.82, 2.24) is 0 Å². The first kappa shape index (κ1) is 41.2. The molecule has 0 aromatic carbocycles. The van der Waals surface area contributed by atoms with Gasteiger partial charge in [-0.25, -0.2) is 0 Å². The molecule has 0 radical (unpaired) electrons. The maximum atomic E-state index is 12.5. The smallest absolute Gasteiger partial charge is 0.306 e. The van der Waals surface area contributed by atoms with Crippen molar-refractivity contribution in [3.63, 3.8) is 0 Å². The lowest BCUT2D eigenvalue weighted by atomic mass is 9.70. The Morgan fingerprint density at radius 3 is 1.40 bits per heavy atom. The van der Waals surface area contributed by atoms with Gasteiger partial charge in [0.05, 0.1) is 0 Å². The fourth-order valence-electron chi connectivity index (χ4n) is 9.94. The van der Waals surface area contributed by atoms with Crippen molar-refractivity contribution in [3.8, 4) is 0 Å². The van der Waals surface area contributed by atoms with Gasteiger partial charge in [0, 0.05) is 19.3 Å². The maximum absolute atomic E-state index is 12.5. The molecule has 6 atom stereocenters. The van der Waals surface area contributed by atoms with Gasteiger partial charge in [-0.3, -0.25) is 14.4 Å². The summed E-state index contributed by atoms with van der Waals surface area (Å²) in [6, 6.07) is 0. The highest BCUT2D eigenvalue weighted by molar-refractivity contribution is 5.70. The van der Waals surface area contributed by atoms with Crippen LogP contribution in [-0.2, 0) is 28.6 Å². The highest BCUT2D eigenvalue weighted by Crippen LogP contribution is 2.42. The monoisotopic (exact) mass is 701 g/mol. The minimum atomic E-state index is -0.0507. The summed E-state index contributed by atoms with van der Waals surface area (Å²) in [5, 5.41) is 0. The van der Waals surface area contributed by atoms with Crippen molar-refractivity contribution < 1.29 is 28.6 Å². The lowest BCUT2D eigenvalue weighted by molar-refractivity contribution is -0.153. The molecule has 50 heavy (non-hydrogen) atoms. The third-order valence-corrected chi connectivity index (χ3v) is 12.9. The first-order chi connectivity index (χ1) is 24.5. The topological polar surface area (TPSA) is 78.9 Å². The molecule has 4 rings (SSSR count). The summed E-state index contributed by atoms with van der Waals surface area (Å²) in [7, 11) is 0. The molecular formula is C44H76O6. The predicted molar refractivity (Wildman–Crippen MR) is 202 cm³/mol. The Morgan fingerprint density at radius 2 is 0.880 bits per heavy atom. The fraction of sp³-hybridized carbons (Fsp3) is 0.932. The lowest BCUT2D eigenvalue weighted by Gasteiger charge is -2.38. The lowest BCUT2D eigenvalue weighted by Crippen LogP contribution is -2.32. The van der Waals surface area contributed by atoms with E-state index in [4.69, 9.17) is 14.2 Å². The second kappa shape index (κ2) is 24.6. The first-order valence-electron chi connectivity index (χ1n) is 22.1. The molecular weight excluding hydrogens is 624 g/mol. The van der Waals surface area contributed by atoms with Crippen molar-refractivity contribution in [2.75, 3.05) is 0 Å². The quantitative estimate of drug-likeness (QED) is 0.0600. The van der Waals surface area contributed by atoms with Gasteiger partial charge in [0.1, 0.15) is 18.3 Å². The van der Waals surface area contributed by atoms with Crippen LogP contribution in [0.5, 0.6) is 0 Å². The Labute approximate surface area is 306 Å². The van der Waals surface area contributed by atoms with Gasteiger partial charge in [0.15, 0.2) is 0 Å². The van der Waals surface area contributed by atoms with Gasteiger partial charge in [0.2, 0.25) is 0 Å². The van der Waals surface area contributed by atoms with E-state index >= 15 is 0 Å². The van der Waals surface area contributed by atoms with Gasteiger partial charge in [-0.1, -0.05) is 110 Å². The van der Waals surface area contributed by atoms with E-state index in [9.17, 15) is 14.4 Å². The minimum absolute atomic E-state index is 0.0163. The molecule has 6 nitrogen and oxygen atoms in total. The molecule has 4 saturated carbocycles. The number of hydrogen-bond acceptors (Lipinski definition) is 6. The minimum Gasteiger partial charge on any atom is -0.462 e. The van der Waals surface area contributed by atoms with Crippen molar-refractivity contribution in [2.24, 2.45) is 23.7 Å². The van der Waals surface area contributed by atoms with Crippen molar-refractivity contribution in [2.45, 2.75) is 237 Å². The van der Waals surface area contributed by atoms with Crippen LogP contribution < -0.4 is 0 Å². The number of fused-ring (bicyclic) bond motifs is 2. The predicted octanol–water partition coefficient (Wildman–Crippen LogP) is 12.1. The summed E-state index contributed by atoms with van der Waals surface area (Å²) < 4.78 is 17.7. The normalized spacial score (nSPS) is 27.3. The number of esters is 3. The molecule has 0 amide bonds. The van der Waals surface area contributed by atoms with Gasteiger partial charge in [-0.05, 0) is 114 Å². The number of hydrogen-bond donors (Lipinski definition) is 0. The van der Waals surface area contributed by atoms with Crippen molar-refractivity contribution >= 4 is 17.9 Å². The van der Waals surface area contributed by atoms with E-state index < -0.39 is 0 Å². The van der Waals surface area contributed by atoms with Crippen LogP contribution in [0.25, 0.3) is 0 Å². The Bertz CT molecular complexity index is 933. The SMILES string of the molecule is CCCC(=O)OC(CCCCCCCCC(=O)OC1CCC2CCCCC2CC1)CCCCCCCCC(=O)OC1CCC2CCCCC2C1. The summed E-state index contributed by atoms with van der Waals surface area (Å²) in [5.41, 5.74) is 0. The van der Waals surface area contributed by atoms with Gasteiger partial charge in [-0.2, -0.15) is 0 Å². The molecule has 0 spiro atoms. The zero-order chi connectivity index (χ0) is 35.2. The zero-order valence-corrected chi connectivity index (χ0v) is 32.3. The van der Waals surface area contributed by atoms with E-state index in [1.54, 1.807) is 0 Å². The second-order valence-electron chi connectivity index (χ2n) is 17.0. The molecule has 6 unspecified atom stereocenters. The number of rotatable bonds is 23. The third kappa shape index (κ3) is 16.4. The van der Waals surface area contributed by atoms with Gasteiger partial charge >= 0.3 is 17.9 Å². The van der Waals surface area contributed by atoms with E-state index in [0.29, 0.717) is 19.3 Å². The van der Waals surface area contributed by atoms with Gasteiger partial charge < -0.3 is 14.2 Å². The Morgan fingerprint density at radius 1 is 0.460 bits per heavy atom. The highest BCUT2D eigenvalue weighted by atomic mass is 16.6. The molecule has 6 heteroatoms. The van der Waals surface area contributed by atoms with Crippen LogP contribution in [-0.4, -0.2) is 36.2 Å². The molecule has 0 N–H and O–H groups in total. The average Bonchev–Trinajstić information content (AvgIpc) is 3.32. The maximum Gasteiger partial charge on any atom is 0.306 e.